The van der Waals surface area contributed by atoms with Crippen LogP contribution in [0.3, 0.4) is 0 Å². The first-order valence-corrected chi connectivity index (χ1v) is 8.68. The fourth-order valence-corrected chi connectivity index (χ4v) is 3.09. The van der Waals surface area contributed by atoms with Crippen LogP contribution < -0.4 is 10.1 Å². The fourth-order valence-electron chi connectivity index (χ4n) is 3.09. The SMILES string of the molecule is Cc1cccc(OC[C@@H](O)CN2C(=O)N[C@@](C)(c3cc(F)ccc3F)C2=O)c1. The summed E-state index contributed by atoms with van der Waals surface area (Å²) in [6.07, 6.45) is -1.16. The molecule has 1 heterocycles. The lowest BCUT2D eigenvalue weighted by molar-refractivity contribution is -0.132. The largest absolute Gasteiger partial charge is 0.491 e. The molecule has 148 valence electrons. The van der Waals surface area contributed by atoms with Gasteiger partial charge < -0.3 is 15.2 Å². The van der Waals surface area contributed by atoms with Gasteiger partial charge in [-0.1, -0.05) is 12.1 Å². The summed E-state index contributed by atoms with van der Waals surface area (Å²) in [6, 6.07) is 9.08. The molecule has 0 saturated carbocycles. The second-order valence-electron chi connectivity index (χ2n) is 6.88. The lowest BCUT2D eigenvalue weighted by Crippen LogP contribution is -2.43. The van der Waals surface area contributed by atoms with Gasteiger partial charge in [0, 0.05) is 5.56 Å². The van der Waals surface area contributed by atoms with Crippen LogP contribution in [0.25, 0.3) is 0 Å². The van der Waals surface area contributed by atoms with E-state index in [0.29, 0.717) is 5.75 Å². The van der Waals surface area contributed by atoms with Crippen LogP contribution in [0.1, 0.15) is 18.1 Å². The quantitative estimate of drug-likeness (QED) is 0.743. The van der Waals surface area contributed by atoms with Crippen molar-refractivity contribution in [3.05, 3.63) is 65.2 Å². The van der Waals surface area contributed by atoms with E-state index in [1.54, 1.807) is 18.2 Å². The van der Waals surface area contributed by atoms with E-state index >= 15 is 0 Å². The van der Waals surface area contributed by atoms with E-state index in [1.807, 2.05) is 13.0 Å². The molecule has 0 unspecified atom stereocenters. The molecule has 8 heteroatoms. The molecular formula is C20H20F2N2O4. The number of amides is 3. The van der Waals surface area contributed by atoms with Crippen LogP contribution in [0.4, 0.5) is 13.6 Å². The van der Waals surface area contributed by atoms with Gasteiger partial charge in [-0.05, 0) is 49.7 Å². The van der Waals surface area contributed by atoms with E-state index in [1.165, 1.54) is 6.92 Å². The van der Waals surface area contributed by atoms with Crippen molar-refractivity contribution in [1.29, 1.82) is 0 Å². The predicted octanol–water partition coefficient (Wildman–Crippen LogP) is 2.48. The minimum Gasteiger partial charge on any atom is -0.491 e. The minimum atomic E-state index is -1.76. The summed E-state index contributed by atoms with van der Waals surface area (Å²) < 4.78 is 33.1. The number of aliphatic hydroxyl groups excluding tert-OH is 1. The lowest BCUT2D eigenvalue weighted by atomic mass is 9.91. The van der Waals surface area contributed by atoms with E-state index in [0.717, 1.165) is 28.7 Å². The summed E-state index contributed by atoms with van der Waals surface area (Å²) in [6.45, 7) is 2.69. The molecule has 3 rings (SSSR count). The standard InChI is InChI=1S/C20H20F2N2O4/c1-12-4-3-5-15(8-12)28-11-14(25)10-24-18(26)20(2,23-19(24)27)16-9-13(21)6-7-17(16)22/h3-9,14,25H,10-11H2,1-2H3,(H,23,27)/t14-,20-/m0/s1. The average Bonchev–Trinajstić information content (AvgIpc) is 2.86. The number of nitrogens with one attached hydrogen (secondary N) is 1. The zero-order valence-electron chi connectivity index (χ0n) is 15.4. The van der Waals surface area contributed by atoms with Crippen molar-refractivity contribution in [2.24, 2.45) is 0 Å². The average molecular weight is 390 g/mol. The Labute approximate surface area is 160 Å². The van der Waals surface area contributed by atoms with Gasteiger partial charge in [0.25, 0.3) is 5.91 Å². The number of imide groups is 1. The van der Waals surface area contributed by atoms with Gasteiger partial charge >= 0.3 is 6.03 Å². The fraction of sp³-hybridized carbons (Fsp3) is 0.300. The summed E-state index contributed by atoms with van der Waals surface area (Å²) in [5.74, 6) is -1.79. The Bertz CT molecular complexity index is 921. The molecule has 0 spiro atoms. The molecule has 6 nitrogen and oxygen atoms in total. The second kappa shape index (κ2) is 7.55. The van der Waals surface area contributed by atoms with Gasteiger partial charge in [-0.25, -0.2) is 13.6 Å². The van der Waals surface area contributed by atoms with Gasteiger partial charge in [0.2, 0.25) is 0 Å². The summed E-state index contributed by atoms with van der Waals surface area (Å²) in [5, 5.41) is 12.6. The van der Waals surface area contributed by atoms with Gasteiger partial charge in [0.05, 0.1) is 6.54 Å². The summed E-state index contributed by atoms with van der Waals surface area (Å²) in [5.41, 5.74) is -1.06. The third-order valence-electron chi connectivity index (χ3n) is 4.57. The molecule has 2 aromatic rings. The van der Waals surface area contributed by atoms with Crippen LogP contribution >= 0.6 is 0 Å². The van der Waals surface area contributed by atoms with Crippen molar-refractivity contribution < 1.29 is 28.2 Å². The number of urea groups is 1. The van der Waals surface area contributed by atoms with E-state index in [-0.39, 0.29) is 18.7 Å². The number of ether oxygens (including phenoxy) is 1. The lowest BCUT2D eigenvalue weighted by Gasteiger charge is -2.23. The molecule has 1 fully saturated rings. The Morgan fingerprint density at radius 2 is 1.96 bits per heavy atom. The number of aliphatic hydroxyl groups is 1. The van der Waals surface area contributed by atoms with Crippen molar-refractivity contribution in [3.8, 4) is 5.75 Å². The van der Waals surface area contributed by atoms with Gasteiger partial charge in [-0.15, -0.1) is 0 Å². The van der Waals surface area contributed by atoms with Gasteiger partial charge in [-0.2, -0.15) is 0 Å². The highest BCUT2D eigenvalue weighted by molar-refractivity contribution is 6.07. The highest BCUT2D eigenvalue weighted by Gasteiger charge is 2.50. The minimum absolute atomic E-state index is 0.147. The Hall–Kier alpha value is -3.00. The topological polar surface area (TPSA) is 78.9 Å². The van der Waals surface area contributed by atoms with Crippen LogP contribution in [0.15, 0.2) is 42.5 Å². The van der Waals surface area contributed by atoms with Crippen LogP contribution in [0.5, 0.6) is 5.75 Å². The van der Waals surface area contributed by atoms with Gasteiger partial charge in [0.15, 0.2) is 0 Å². The molecule has 2 aromatic carbocycles. The number of nitrogens with zero attached hydrogens (tertiary/aromatic N) is 1. The molecule has 1 saturated heterocycles. The molecule has 1 aliphatic rings. The van der Waals surface area contributed by atoms with Crippen molar-refractivity contribution in [1.82, 2.24) is 10.2 Å². The number of β-amino-alcohol motifs (C(OH)–C–C–N with tert-alkyl or cyclic N) is 1. The van der Waals surface area contributed by atoms with Crippen LogP contribution in [0.2, 0.25) is 0 Å². The van der Waals surface area contributed by atoms with Crippen molar-refractivity contribution in [2.45, 2.75) is 25.5 Å². The monoisotopic (exact) mass is 390 g/mol. The Morgan fingerprint density at radius 1 is 1.21 bits per heavy atom. The highest BCUT2D eigenvalue weighted by Crippen LogP contribution is 2.31. The van der Waals surface area contributed by atoms with Crippen molar-refractivity contribution in [3.63, 3.8) is 0 Å². The maximum atomic E-state index is 14.1. The molecule has 2 N–H and O–H groups in total. The number of rotatable bonds is 6. The number of carbonyl (C=O) groups is 2. The zero-order valence-corrected chi connectivity index (χ0v) is 15.4. The maximum absolute atomic E-state index is 14.1. The maximum Gasteiger partial charge on any atom is 0.325 e. The van der Waals surface area contributed by atoms with Gasteiger partial charge in [-0.3, -0.25) is 9.69 Å². The highest BCUT2D eigenvalue weighted by atomic mass is 19.1. The molecule has 0 bridgehead atoms. The number of hydrogen-bond donors (Lipinski definition) is 2. The first-order chi connectivity index (χ1) is 13.2. The molecule has 28 heavy (non-hydrogen) atoms. The number of hydrogen-bond acceptors (Lipinski definition) is 4. The van der Waals surface area contributed by atoms with Crippen molar-refractivity contribution >= 4 is 11.9 Å². The van der Waals surface area contributed by atoms with Crippen LogP contribution in [-0.4, -0.2) is 41.2 Å². The smallest absolute Gasteiger partial charge is 0.325 e. The van der Waals surface area contributed by atoms with Crippen LogP contribution in [0, 0.1) is 18.6 Å². The Morgan fingerprint density at radius 3 is 2.68 bits per heavy atom. The Kier molecular flexibility index (Phi) is 5.33. The number of halogens is 2. The van der Waals surface area contributed by atoms with E-state index < -0.39 is 35.2 Å². The third kappa shape index (κ3) is 3.82. The molecule has 0 radical (unpaired) electrons. The molecule has 1 aliphatic heterocycles. The van der Waals surface area contributed by atoms with Crippen molar-refractivity contribution in [2.75, 3.05) is 13.2 Å². The summed E-state index contributed by atoms with van der Waals surface area (Å²) in [4.78, 5) is 25.8. The summed E-state index contributed by atoms with van der Waals surface area (Å²) >= 11 is 0. The van der Waals surface area contributed by atoms with Gasteiger partial charge in [0.1, 0.15) is 35.6 Å². The zero-order chi connectivity index (χ0) is 20.5. The molecule has 0 aromatic heterocycles. The molecule has 2 atom stereocenters. The third-order valence-corrected chi connectivity index (χ3v) is 4.57. The Balaban J connectivity index is 1.70. The number of aryl methyl sites for hydroxylation is 1. The second-order valence-corrected chi connectivity index (χ2v) is 6.88. The predicted molar refractivity (Wildman–Crippen MR) is 96.6 cm³/mol. The molecular weight excluding hydrogens is 370 g/mol. The first kappa shape index (κ1) is 19.8. The molecule has 3 amide bonds. The molecule has 0 aliphatic carbocycles. The number of benzene rings is 2. The van der Waals surface area contributed by atoms with Crippen LogP contribution in [-0.2, 0) is 10.3 Å². The number of carbonyl (C=O) groups excluding carboxylic acids is 2. The normalized spacial score (nSPS) is 20.2. The summed E-state index contributed by atoms with van der Waals surface area (Å²) in [7, 11) is 0. The first-order valence-electron chi connectivity index (χ1n) is 8.68. The van der Waals surface area contributed by atoms with E-state index in [9.17, 15) is 23.5 Å². The van der Waals surface area contributed by atoms with E-state index in [2.05, 4.69) is 5.32 Å². The van der Waals surface area contributed by atoms with E-state index in [4.69, 9.17) is 4.74 Å².